The fourth-order valence-electron chi connectivity index (χ4n) is 1.51. The Kier molecular flexibility index (Phi) is 2.83. The van der Waals surface area contributed by atoms with Crippen molar-refractivity contribution in [3.8, 4) is 5.75 Å². The predicted molar refractivity (Wildman–Crippen MR) is 59.6 cm³/mol. The van der Waals surface area contributed by atoms with Crippen LogP contribution in [0.1, 0.15) is 23.2 Å². The number of carboxylic acid groups (broad SMARTS) is 1. The molecule has 16 heavy (non-hydrogen) atoms. The summed E-state index contributed by atoms with van der Waals surface area (Å²) in [6, 6.07) is 6.44. The number of carbonyl (C=O) groups is 1. The van der Waals surface area contributed by atoms with Crippen molar-refractivity contribution in [1.82, 2.24) is 0 Å². The molecule has 1 aliphatic rings. The van der Waals surface area contributed by atoms with Crippen molar-refractivity contribution in [2.45, 2.75) is 12.8 Å². The molecular formula is C12H15NO3. The first-order chi connectivity index (χ1) is 7.65. The van der Waals surface area contributed by atoms with Gasteiger partial charge in [0.25, 0.3) is 0 Å². The molecule has 4 nitrogen and oxygen atoms in total. The summed E-state index contributed by atoms with van der Waals surface area (Å²) in [7, 11) is 0. The SMILES string of the molecule is NCC1(COc2ccc(C(=O)O)cc2)CC1. The molecule has 3 N–H and O–H groups in total. The summed E-state index contributed by atoms with van der Waals surface area (Å²) in [5, 5.41) is 8.73. The number of benzene rings is 1. The lowest BCUT2D eigenvalue weighted by Crippen LogP contribution is -2.22. The Bertz CT molecular complexity index is 382. The molecule has 0 atom stereocenters. The zero-order valence-corrected chi connectivity index (χ0v) is 8.98. The standard InChI is InChI=1S/C12H15NO3/c13-7-12(5-6-12)8-16-10-3-1-9(2-4-10)11(14)15/h1-4H,5-8,13H2,(H,14,15). The Hall–Kier alpha value is -1.55. The Morgan fingerprint density at radius 2 is 2.00 bits per heavy atom. The normalized spacial score (nSPS) is 16.8. The van der Waals surface area contributed by atoms with Gasteiger partial charge >= 0.3 is 5.97 Å². The van der Waals surface area contributed by atoms with E-state index in [2.05, 4.69) is 0 Å². The highest BCUT2D eigenvalue weighted by molar-refractivity contribution is 5.87. The third-order valence-corrected chi connectivity index (χ3v) is 3.04. The minimum absolute atomic E-state index is 0.172. The minimum atomic E-state index is -0.924. The van der Waals surface area contributed by atoms with Crippen LogP contribution >= 0.6 is 0 Å². The molecule has 0 unspecified atom stereocenters. The van der Waals surface area contributed by atoms with E-state index in [4.69, 9.17) is 15.6 Å². The Labute approximate surface area is 94.0 Å². The molecule has 1 aliphatic carbocycles. The van der Waals surface area contributed by atoms with E-state index in [0.29, 0.717) is 18.9 Å². The maximum absolute atomic E-state index is 10.6. The summed E-state index contributed by atoms with van der Waals surface area (Å²) in [5.41, 5.74) is 6.08. The lowest BCUT2D eigenvalue weighted by Gasteiger charge is -2.13. The van der Waals surface area contributed by atoms with Crippen LogP contribution < -0.4 is 10.5 Å². The topological polar surface area (TPSA) is 72.5 Å². The zero-order chi connectivity index (χ0) is 11.6. The molecule has 1 aromatic rings. The molecule has 0 aromatic heterocycles. The monoisotopic (exact) mass is 221 g/mol. The first-order valence-corrected chi connectivity index (χ1v) is 5.31. The Balaban J connectivity index is 1.93. The van der Waals surface area contributed by atoms with Gasteiger partial charge in [-0.1, -0.05) is 0 Å². The molecular weight excluding hydrogens is 206 g/mol. The first kappa shape index (κ1) is 11.0. The molecule has 0 saturated heterocycles. The second kappa shape index (κ2) is 4.14. The molecule has 4 heteroatoms. The Morgan fingerprint density at radius 3 is 2.44 bits per heavy atom. The van der Waals surface area contributed by atoms with E-state index in [0.717, 1.165) is 12.8 Å². The number of rotatable bonds is 5. The van der Waals surface area contributed by atoms with Gasteiger partial charge in [-0.25, -0.2) is 4.79 Å². The Morgan fingerprint density at radius 1 is 1.38 bits per heavy atom. The summed E-state index contributed by atoms with van der Waals surface area (Å²) in [6.45, 7) is 1.27. The van der Waals surface area contributed by atoms with Crippen molar-refractivity contribution in [1.29, 1.82) is 0 Å². The largest absolute Gasteiger partial charge is 0.493 e. The minimum Gasteiger partial charge on any atom is -0.493 e. The van der Waals surface area contributed by atoms with Crippen molar-refractivity contribution < 1.29 is 14.6 Å². The molecule has 1 aromatic carbocycles. The van der Waals surface area contributed by atoms with Crippen LogP contribution in [0.15, 0.2) is 24.3 Å². The summed E-state index contributed by atoms with van der Waals surface area (Å²) in [4.78, 5) is 10.6. The summed E-state index contributed by atoms with van der Waals surface area (Å²) >= 11 is 0. The molecule has 86 valence electrons. The van der Waals surface area contributed by atoms with E-state index < -0.39 is 5.97 Å². The molecule has 1 fully saturated rings. The highest BCUT2D eigenvalue weighted by atomic mass is 16.5. The second-order valence-corrected chi connectivity index (χ2v) is 4.32. The van der Waals surface area contributed by atoms with E-state index in [1.165, 1.54) is 0 Å². The molecule has 0 spiro atoms. The van der Waals surface area contributed by atoms with E-state index >= 15 is 0 Å². The summed E-state index contributed by atoms with van der Waals surface area (Å²) in [5.74, 6) is -0.225. The van der Waals surface area contributed by atoms with Gasteiger partial charge in [0.15, 0.2) is 0 Å². The average molecular weight is 221 g/mol. The predicted octanol–water partition coefficient (Wildman–Crippen LogP) is 1.50. The van der Waals surface area contributed by atoms with Gasteiger partial charge < -0.3 is 15.6 Å². The molecule has 0 amide bonds. The number of aromatic carboxylic acids is 1. The number of ether oxygens (including phenoxy) is 1. The van der Waals surface area contributed by atoms with Crippen LogP contribution in [-0.4, -0.2) is 24.2 Å². The first-order valence-electron chi connectivity index (χ1n) is 5.31. The summed E-state index contributed by atoms with van der Waals surface area (Å²) < 4.78 is 5.59. The fraction of sp³-hybridized carbons (Fsp3) is 0.417. The van der Waals surface area contributed by atoms with Crippen molar-refractivity contribution in [3.05, 3.63) is 29.8 Å². The smallest absolute Gasteiger partial charge is 0.335 e. The van der Waals surface area contributed by atoms with E-state index in [1.807, 2.05) is 0 Å². The number of nitrogens with two attached hydrogens (primary N) is 1. The molecule has 0 bridgehead atoms. The fourth-order valence-corrected chi connectivity index (χ4v) is 1.51. The third-order valence-electron chi connectivity index (χ3n) is 3.04. The average Bonchev–Trinajstić information content (AvgIpc) is 3.08. The van der Waals surface area contributed by atoms with E-state index in [1.54, 1.807) is 24.3 Å². The van der Waals surface area contributed by atoms with Crippen molar-refractivity contribution in [2.24, 2.45) is 11.1 Å². The second-order valence-electron chi connectivity index (χ2n) is 4.32. The van der Waals surface area contributed by atoms with Crippen molar-refractivity contribution >= 4 is 5.97 Å². The van der Waals surface area contributed by atoms with Gasteiger partial charge in [-0.2, -0.15) is 0 Å². The maximum atomic E-state index is 10.6. The van der Waals surface area contributed by atoms with E-state index in [-0.39, 0.29) is 11.0 Å². The summed E-state index contributed by atoms with van der Waals surface area (Å²) in [6.07, 6.45) is 2.24. The van der Waals surface area contributed by atoms with E-state index in [9.17, 15) is 4.79 Å². The molecule has 2 rings (SSSR count). The molecule has 0 heterocycles. The van der Waals surface area contributed by atoms with Crippen molar-refractivity contribution in [2.75, 3.05) is 13.2 Å². The highest BCUT2D eigenvalue weighted by Crippen LogP contribution is 2.44. The van der Waals surface area contributed by atoms with Gasteiger partial charge in [0.05, 0.1) is 12.2 Å². The lowest BCUT2D eigenvalue weighted by atomic mass is 10.1. The van der Waals surface area contributed by atoms with Crippen LogP contribution in [0.4, 0.5) is 0 Å². The molecule has 1 saturated carbocycles. The number of carboxylic acids is 1. The van der Waals surface area contributed by atoms with Gasteiger partial charge in [-0.3, -0.25) is 0 Å². The molecule has 0 aliphatic heterocycles. The quantitative estimate of drug-likeness (QED) is 0.790. The van der Waals surface area contributed by atoms with Gasteiger partial charge in [-0.05, 0) is 37.1 Å². The van der Waals surface area contributed by atoms with Crippen LogP contribution in [0.3, 0.4) is 0 Å². The third kappa shape index (κ3) is 2.33. The highest BCUT2D eigenvalue weighted by Gasteiger charge is 2.42. The van der Waals surface area contributed by atoms with Gasteiger partial charge in [0, 0.05) is 12.0 Å². The van der Waals surface area contributed by atoms with Crippen LogP contribution in [0, 0.1) is 5.41 Å². The van der Waals surface area contributed by atoms with Gasteiger partial charge in [0.2, 0.25) is 0 Å². The van der Waals surface area contributed by atoms with Gasteiger partial charge in [0.1, 0.15) is 5.75 Å². The number of hydrogen-bond donors (Lipinski definition) is 2. The van der Waals surface area contributed by atoms with Crippen LogP contribution in [-0.2, 0) is 0 Å². The van der Waals surface area contributed by atoms with Crippen molar-refractivity contribution in [3.63, 3.8) is 0 Å². The number of hydrogen-bond acceptors (Lipinski definition) is 3. The van der Waals surface area contributed by atoms with Crippen LogP contribution in [0.5, 0.6) is 5.75 Å². The van der Waals surface area contributed by atoms with Crippen LogP contribution in [0.25, 0.3) is 0 Å². The van der Waals surface area contributed by atoms with Gasteiger partial charge in [-0.15, -0.1) is 0 Å². The van der Waals surface area contributed by atoms with Crippen LogP contribution in [0.2, 0.25) is 0 Å². The lowest BCUT2D eigenvalue weighted by molar-refractivity contribution is 0.0697. The zero-order valence-electron chi connectivity index (χ0n) is 8.98. The molecule has 0 radical (unpaired) electrons. The maximum Gasteiger partial charge on any atom is 0.335 e.